The van der Waals surface area contributed by atoms with Gasteiger partial charge in [0.1, 0.15) is 17.3 Å². The summed E-state index contributed by atoms with van der Waals surface area (Å²) in [5.74, 6) is -0.975. The first-order chi connectivity index (χ1) is 17.7. The Hall–Kier alpha value is -4.28. The molecule has 0 bridgehead atoms. The predicted molar refractivity (Wildman–Crippen MR) is 136 cm³/mol. The number of carbonyl (C=O) groups excluding carboxylic acids is 1. The van der Waals surface area contributed by atoms with Crippen molar-refractivity contribution in [1.82, 2.24) is 14.7 Å². The van der Waals surface area contributed by atoms with Crippen molar-refractivity contribution in [3.8, 4) is 17.2 Å². The van der Waals surface area contributed by atoms with E-state index in [1.807, 2.05) is 24.3 Å². The molecule has 2 heterocycles. The number of urea groups is 1. The van der Waals surface area contributed by atoms with Crippen LogP contribution in [0.3, 0.4) is 0 Å². The summed E-state index contributed by atoms with van der Waals surface area (Å²) in [7, 11) is 7.46. The van der Waals surface area contributed by atoms with Crippen LogP contribution in [0.2, 0.25) is 0 Å². The van der Waals surface area contributed by atoms with Crippen molar-refractivity contribution in [1.29, 1.82) is 0 Å². The first-order valence-electron chi connectivity index (χ1n) is 11.5. The molecule has 1 aliphatic rings. The molecular formula is C26H29F2N5O4. The van der Waals surface area contributed by atoms with Crippen LogP contribution in [-0.4, -0.2) is 62.7 Å². The van der Waals surface area contributed by atoms with Crippen molar-refractivity contribution in [2.45, 2.75) is 13.5 Å². The number of rotatable bonds is 8. The lowest BCUT2D eigenvalue weighted by molar-refractivity contribution is 0.228. The van der Waals surface area contributed by atoms with Gasteiger partial charge in [-0.1, -0.05) is 12.1 Å². The summed E-state index contributed by atoms with van der Waals surface area (Å²) < 4.78 is 47.4. The fourth-order valence-electron chi connectivity index (χ4n) is 4.48. The molecule has 2 aromatic carbocycles. The highest BCUT2D eigenvalue weighted by Crippen LogP contribution is 2.41. The Balaban J connectivity index is 1.73. The standard InChI is InChI=1S/C26H29F2N5O4/c1-15-13-32(24-21(27)19(36-5)11-20(37-6)22(24)28)26(34)31(3)23(15)18-12-30-33(25(18)29-2)14-16-7-9-17(35-4)10-8-16/h7-12,29H,13-14H2,1-6H3. The molecule has 4 rings (SSSR count). The molecule has 0 saturated heterocycles. The Morgan fingerprint density at radius 1 is 1.03 bits per heavy atom. The lowest BCUT2D eigenvalue weighted by Gasteiger charge is -2.36. The van der Waals surface area contributed by atoms with Gasteiger partial charge in [0.05, 0.1) is 51.9 Å². The van der Waals surface area contributed by atoms with Crippen LogP contribution in [0, 0.1) is 11.6 Å². The van der Waals surface area contributed by atoms with Gasteiger partial charge in [0, 0.05) is 20.2 Å². The lowest BCUT2D eigenvalue weighted by atomic mass is 10.0. The van der Waals surface area contributed by atoms with Crippen LogP contribution in [0.5, 0.6) is 17.2 Å². The summed E-state index contributed by atoms with van der Waals surface area (Å²) in [6.07, 6.45) is 1.67. The zero-order valence-electron chi connectivity index (χ0n) is 21.6. The van der Waals surface area contributed by atoms with Gasteiger partial charge in [-0.15, -0.1) is 0 Å². The molecule has 0 aliphatic carbocycles. The SMILES string of the molecule is CNc1c(C2=C(C)CN(c3c(F)c(OC)cc(OC)c3F)C(=O)N2C)cnn1Cc1ccc(OC)cc1. The number of nitrogens with zero attached hydrogens (tertiary/aromatic N) is 4. The average Bonchev–Trinajstić information content (AvgIpc) is 3.29. The molecule has 1 N–H and O–H groups in total. The molecule has 1 aromatic heterocycles. The average molecular weight is 514 g/mol. The quantitative estimate of drug-likeness (QED) is 0.475. The molecule has 37 heavy (non-hydrogen) atoms. The molecule has 0 radical (unpaired) electrons. The summed E-state index contributed by atoms with van der Waals surface area (Å²) in [5.41, 5.74) is 2.48. The van der Waals surface area contributed by atoms with Crippen LogP contribution in [0.15, 0.2) is 42.1 Å². The highest BCUT2D eigenvalue weighted by atomic mass is 19.1. The third-order valence-corrected chi connectivity index (χ3v) is 6.30. The van der Waals surface area contributed by atoms with E-state index in [4.69, 9.17) is 14.2 Å². The first-order valence-corrected chi connectivity index (χ1v) is 11.5. The lowest BCUT2D eigenvalue weighted by Crippen LogP contribution is -2.46. The molecule has 11 heteroatoms. The Labute approximate surface area is 213 Å². The highest BCUT2D eigenvalue weighted by Gasteiger charge is 2.36. The van der Waals surface area contributed by atoms with E-state index in [1.54, 1.807) is 39.0 Å². The molecule has 0 unspecified atom stereocenters. The smallest absolute Gasteiger partial charge is 0.329 e. The molecule has 0 atom stereocenters. The first kappa shape index (κ1) is 25.8. The van der Waals surface area contributed by atoms with Gasteiger partial charge < -0.3 is 19.5 Å². The van der Waals surface area contributed by atoms with E-state index in [0.717, 1.165) is 22.3 Å². The highest BCUT2D eigenvalue weighted by molar-refractivity contribution is 6.02. The van der Waals surface area contributed by atoms with Crippen molar-refractivity contribution < 1.29 is 27.8 Å². The van der Waals surface area contributed by atoms with Crippen molar-refractivity contribution in [2.75, 3.05) is 52.2 Å². The van der Waals surface area contributed by atoms with E-state index in [0.29, 0.717) is 29.2 Å². The minimum absolute atomic E-state index is 0.0461. The number of halogens is 2. The molecule has 3 aromatic rings. The third-order valence-electron chi connectivity index (χ3n) is 6.30. The Bertz CT molecular complexity index is 1330. The number of benzene rings is 2. The fraction of sp³-hybridized carbons (Fsp3) is 0.308. The molecule has 0 fully saturated rings. The largest absolute Gasteiger partial charge is 0.497 e. The number of carbonyl (C=O) groups is 1. The minimum Gasteiger partial charge on any atom is -0.497 e. The zero-order chi connectivity index (χ0) is 26.9. The van der Waals surface area contributed by atoms with Crippen LogP contribution >= 0.6 is 0 Å². The van der Waals surface area contributed by atoms with Crippen LogP contribution in [0.25, 0.3) is 5.70 Å². The number of aromatic nitrogens is 2. The summed E-state index contributed by atoms with van der Waals surface area (Å²) in [6.45, 7) is 2.24. The third kappa shape index (κ3) is 4.52. The molecule has 9 nitrogen and oxygen atoms in total. The van der Waals surface area contributed by atoms with Crippen molar-refractivity contribution >= 4 is 23.2 Å². The van der Waals surface area contributed by atoms with E-state index < -0.39 is 23.4 Å². The maximum atomic E-state index is 15.2. The normalized spacial score (nSPS) is 13.8. The van der Waals surface area contributed by atoms with Crippen molar-refractivity contribution in [2.24, 2.45) is 0 Å². The zero-order valence-corrected chi connectivity index (χ0v) is 21.6. The maximum absolute atomic E-state index is 15.2. The summed E-state index contributed by atoms with van der Waals surface area (Å²) in [6, 6.07) is 8.14. The van der Waals surface area contributed by atoms with Crippen LogP contribution in [0.1, 0.15) is 18.1 Å². The predicted octanol–water partition coefficient (Wildman–Crippen LogP) is 4.58. The van der Waals surface area contributed by atoms with Gasteiger partial charge in [-0.05, 0) is 30.2 Å². The number of hydrogen-bond donors (Lipinski definition) is 1. The van der Waals surface area contributed by atoms with Crippen LogP contribution < -0.4 is 24.4 Å². The summed E-state index contributed by atoms with van der Waals surface area (Å²) in [5, 5.41) is 7.70. The van der Waals surface area contributed by atoms with Gasteiger partial charge in [0.25, 0.3) is 0 Å². The maximum Gasteiger partial charge on any atom is 0.329 e. The van der Waals surface area contributed by atoms with E-state index in [-0.39, 0.29) is 18.0 Å². The number of methoxy groups -OCH3 is 3. The fourth-order valence-corrected chi connectivity index (χ4v) is 4.48. The molecular weight excluding hydrogens is 484 g/mol. The van der Waals surface area contributed by atoms with E-state index in [1.165, 1.54) is 19.1 Å². The van der Waals surface area contributed by atoms with Crippen LogP contribution in [-0.2, 0) is 6.54 Å². The van der Waals surface area contributed by atoms with Crippen molar-refractivity contribution in [3.05, 3.63) is 64.9 Å². The van der Waals surface area contributed by atoms with Crippen LogP contribution in [0.4, 0.5) is 25.1 Å². The topological polar surface area (TPSA) is 81.1 Å². The number of anilines is 2. The van der Waals surface area contributed by atoms with Gasteiger partial charge in [-0.25, -0.2) is 18.3 Å². The molecule has 0 saturated carbocycles. The monoisotopic (exact) mass is 513 g/mol. The van der Waals surface area contributed by atoms with E-state index >= 15 is 8.78 Å². The summed E-state index contributed by atoms with van der Waals surface area (Å²) in [4.78, 5) is 15.9. The van der Waals surface area contributed by atoms with Gasteiger partial charge >= 0.3 is 6.03 Å². The Kier molecular flexibility index (Phi) is 7.23. The molecule has 196 valence electrons. The second-order valence-electron chi connectivity index (χ2n) is 8.48. The van der Waals surface area contributed by atoms with E-state index in [9.17, 15) is 4.79 Å². The van der Waals surface area contributed by atoms with Gasteiger partial charge in [0.15, 0.2) is 23.1 Å². The second kappa shape index (κ2) is 10.4. The van der Waals surface area contributed by atoms with Gasteiger partial charge in [-0.3, -0.25) is 9.80 Å². The van der Waals surface area contributed by atoms with Gasteiger partial charge in [-0.2, -0.15) is 5.10 Å². The van der Waals surface area contributed by atoms with Crippen molar-refractivity contribution in [3.63, 3.8) is 0 Å². The van der Waals surface area contributed by atoms with Gasteiger partial charge in [0.2, 0.25) is 0 Å². The number of ether oxygens (including phenoxy) is 3. The molecule has 2 amide bonds. The minimum atomic E-state index is -0.984. The number of nitrogens with one attached hydrogen (secondary N) is 1. The Morgan fingerprint density at radius 2 is 1.65 bits per heavy atom. The Morgan fingerprint density at radius 3 is 2.19 bits per heavy atom. The molecule has 1 aliphatic heterocycles. The summed E-state index contributed by atoms with van der Waals surface area (Å²) >= 11 is 0. The second-order valence-corrected chi connectivity index (χ2v) is 8.48. The number of hydrogen-bond acceptors (Lipinski definition) is 6. The number of amides is 2. The molecule has 0 spiro atoms. The van der Waals surface area contributed by atoms with E-state index in [2.05, 4.69) is 10.4 Å².